The summed E-state index contributed by atoms with van der Waals surface area (Å²) in [5, 5.41) is 9.13. The summed E-state index contributed by atoms with van der Waals surface area (Å²) >= 11 is 0.688. The summed E-state index contributed by atoms with van der Waals surface area (Å²) in [7, 11) is 4.48. The number of hydrogen-bond acceptors (Lipinski definition) is 9. The van der Waals surface area contributed by atoms with Crippen molar-refractivity contribution < 1.29 is 35.9 Å². The number of hydrogen-bond donors (Lipinski definition) is 1. The highest BCUT2D eigenvalue weighted by molar-refractivity contribution is 7.23. The molecule has 0 aliphatic carbocycles. The number of carbonyl (C=O) groups is 1. The summed E-state index contributed by atoms with van der Waals surface area (Å²) in [6.07, 6.45) is -1.76. The number of alkyl halides is 4. The first-order chi connectivity index (χ1) is 24.7. The number of likely N-dealkylation sites (tertiary alicyclic amines) is 1. The Kier molecular flexibility index (Phi) is 10.3. The van der Waals surface area contributed by atoms with Crippen molar-refractivity contribution in [1.29, 1.82) is 5.26 Å². The van der Waals surface area contributed by atoms with E-state index in [1.54, 1.807) is 36.9 Å². The molecule has 5 heterocycles. The van der Waals surface area contributed by atoms with Gasteiger partial charge in [0.1, 0.15) is 34.4 Å². The highest BCUT2D eigenvalue weighted by Crippen LogP contribution is 2.48. The van der Waals surface area contributed by atoms with Gasteiger partial charge in [0.15, 0.2) is 5.82 Å². The zero-order valence-electron chi connectivity index (χ0n) is 29.0. The van der Waals surface area contributed by atoms with E-state index in [0.29, 0.717) is 36.9 Å². The number of ether oxygens (including phenoxy) is 1. The third-order valence-corrected chi connectivity index (χ3v) is 10.9. The second kappa shape index (κ2) is 14.5. The number of rotatable bonds is 5. The van der Waals surface area contributed by atoms with Crippen LogP contribution in [-0.4, -0.2) is 103 Å². The van der Waals surface area contributed by atoms with E-state index in [9.17, 15) is 32.0 Å². The van der Waals surface area contributed by atoms with Crippen LogP contribution in [0.3, 0.4) is 0 Å². The Labute approximate surface area is 300 Å². The van der Waals surface area contributed by atoms with Crippen molar-refractivity contribution in [2.45, 2.75) is 57.0 Å². The van der Waals surface area contributed by atoms with Crippen LogP contribution in [-0.2, 0) is 6.18 Å². The van der Waals surface area contributed by atoms with Crippen molar-refractivity contribution >= 4 is 49.2 Å². The standard InChI is InChI=1S/C28H26F5N7O2S.C7H12FN/c1-5-40(13-8-9-39(12-13)27(41)38(2)3)25-15-10-17(28(31,32)33)20(21(30)22(15)36-26(37-25)42-4)14-6-7-18(29)23-19(14)16(11-34)24(35)43-23;8-6-4-7-2-1-3-9(7)5-6/h6-7,10,13H,5,8-9,12,35H2,1-4H3;6-7H,1-5H2. The van der Waals surface area contributed by atoms with Gasteiger partial charge in [-0.05, 0) is 56.8 Å². The van der Waals surface area contributed by atoms with Gasteiger partial charge in [-0.25, -0.2) is 18.0 Å². The van der Waals surface area contributed by atoms with Crippen molar-refractivity contribution in [1.82, 2.24) is 24.7 Å². The van der Waals surface area contributed by atoms with Crippen molar-refractivity contribution in [2.24, 2.45) is 0 Å². The zero-order valence-corrected chi connectivity index (χ0v) is 29.8. The second-order valence-corrected chi connectivity index (χ2v) is 14.3. The number of methoxy groups -OCH3 is 1. The lowest BCUT2D eigenvalue weighted by molar-refractivity contribution is -0.137. The van der Waals surface area contributed by atoms with Crippen molar-refractivity contribution in [3.63, 3.8) is 0 Å². The number of anilines is 2. The molecule has 7 rings (SSSR count). The second-order valence-electron chi connectivity index (χ2n) is 13.3. The highest BCUT2D eigenvalue weighted by Gasteiger charge is 2.40. The minimum Gasteiger partial charge on any atom is -0.467 e. The summed E-state index contributed by atoms with van der Waals surface area (Å²) in [4.78, 5) is 28.0. The number of likely N-dealkylation sites (N-methyl/N-ethyl adjacent to an activating group) is 1. The predicted octanol–water partition coefficient (Wildman–Crippen LogP) is 7.05. The van der Waals surface area contributed by atoms with E-state index < -0.39 is 40.6 Å². The van der Waals surface area contributed by atoms with E-state index in [2.05, 4.69) is 14.9 Å². The van der Waals surface area contributed by atoms with E-state index in [1.165, 1.54) is 24.9 Å². The highest BCUT2D eigenvalue weighted by atomic mass is 32.1. The molecule has 2 aromatic heterocycles. The predicted molar refractivity (Wildman–Crippen MR) is 187 cm³/mol. The number of benzene rings is 2. The van der Waals surface area contributed by atoms with Gasteiger partial charge in [-0.1, -0.05) is 6.07 Å². The van der Waals surface area contributed by atoms with Gasteiger partial charge in [0.05, 0.1) is 22.9 Å². The molecule has 3 aliphatic rings. The molecule has 52 heavy (non-hydrogen) atoms. The number of thiophene rings is 1. The number of fused-ring (bicyclic) bond motifs is 3. The summed E-state index contributed by atoms with van der Waals surface area (Å²) in [5.41, 5.74) is 2.56. The summed E-state index contributed by atoms with van der Waals surface area (Å²) in [6.45, 7) is 4.58. The molecule has 3 saturated heterocycles. The Hall–Kier alpha value is -4.56. The van der Waals surface area contributed by atoms with E-state index >= 15 is 4.39 Å². The first-order valence-corrected chi connectivity index (χ1v) is 17.7. The molecule has 278 valence electrons. The Morgan fingerprint density at radius 3 is 2.56 bits per heavy atom. The lowest BCUT2D eigenvalue weighted by Gasteiger charge is -2.31. The fourth-order valence-electron chi connectivity index (χ4n) is 7.56. The van der Waals surface area contributed by atoms with Crippen LogP contribution in [0.5, 0.6) is 6.01 Å². The number of amides is 2. The van der Waals surface area contributed by atoms with Gasteiger partial charge in [0, 0.05) is 68.7 Å². The lowest BCUT2D eigenvalue weighted by Crippen LogP contribution is -2.42. The molecule has 3 atom stereocenters. The van der Waals surface area contributed by atoms with E-state index in [1.807, 2.05) is 0 Å². The van der Waals surface area contributed by atoms with Gasteiger partial charge >= 0.3 is 18.2 Å². The van der Waals surface area contributed by atoms with Crippen molar-refractivity contribution in [3.8, 4) is 23.2 Å². The molecule has 2 N–H and O–H groups in total. The van der Waals surface area contributed by atoms with E-state index in [-0.39, 0.29) is 68.6 Å². The van der Waals surface area contributed by atoms with Gasteiger partial charge in [-0.3, -0.25) is 4.90 Å². The molecular weight excluding hydrogens is 710 g/mol. The summed E-state index contributed by atoms with van der Waals surface area (Å²) < 4.78 is 93.1. The number of aromatic nitrogens is 2. The number of nitrogen functional groups attached to an aromatic ring is 1. The molecule has 3 fully saturated rings. The fraction of sp³-hybridized carbons (Fsp3) is 0.486. The van der Waals surface area contributed by atoms with Gasteiger partial charge in [0.25, 0.3) is 0 Å². The first-order valence-electron chi connectivity index (χ1n) is 16.9. The molecule has 17 heteroatoms. The Bertz CT molecular complexity index is 2040. The Balaban J connectivity index is 0.000000444. The average Bonchev–Trinajstić information content (AvgIpc) is 3.89. The van der Waals surface area contributed by atoms with Gasteiger partial charge in [0.2, 0.25) is 0 Å². The first kappa shape index (κ1) is 37.2. The van der Waals surface area contributed by atoms with Crippen LogP contribution in [0.25, 0.3) is 32.1 Å². The normalized spacial score (nSPS) is 20.2. The molecule has 0 saturated carbocycles. The SMILES string of the molecule is CCN(c1nc(OC)nc2c(F)c(-c3ccc(F)c4sc(N)c(C#N)c34)c(C(F)(F)F)cc12)C1CCN(C(=O)N(C)C)C1.FC1CC2CCCN2C1. The van der Waals surface area contributed by atoms with Crippen LogP contribution >= 0.6 is 11.3 Å². The number of nitrogens with two attached hydrogens (primary N) is 1. The number of halogens is 6. The largest absolute Gasteiger partial charge is 0.467 e. The zero-order chi connectivity index (χ0) is 37.6. The number of urea groups is 1. The number of nitriles is 1. The Morgan fingerprint density at radius 1 is 1.17 bits per heavy atom. The third kappa shape index (κ3) is 6.73. The van der Waals surface area contributed by atoms with Gasteiger partial charge in [-0.15, -0.1) is 11.3 Å². The molecular formula is C35H38F6N8O2S. The molecule has 0 bridgehead atoms. The van der Waals surface area contributed by atoms with Crippen LogP contribution < -0.4 is 15.4 Å². The molecule has 0 spiro atoms. The molecule has 3 aliphatic heterocycles. The summed E-state index contributed by atoms with van der Waals surface area (Å²) in [5.74, 6) is -2.15. The van der Waals surface area contributed by atoms with Crippen LogP contribution in [0.4, 0.5) is 42.0 Å². The van der Waals surface area contributed by atoms with E-state index in [4.69, 9.17) is 10.5 Å². The maximum atomic E-state index is 16.6. The maximum absolute atomic E-state index is 16.6. The average molecular weight is 749 g/mol. The molecule has 4 aromatic rings. The minimum atomic E-state index is -5.07. The maximum Gasteiger partial charge on any atom is 0.417 e. The smallest absolute Gasteiger partial charge is 0.417 e. The summed E-state index contributed by atoms with van der Waals surface area (Å²) in [6, 6.07) is 4.25. The quantitative estimate of drug-likeness (QED) is 0.216. The minimum absolute atomic E-state index is 0.00574. The molecule has 3 unspecified atom stereocenters. The van der Waals surface area contributed by atoms with Crippen molar-refractivity contribution in [3.05, 3.63) is 41.0 Å². The van der Waals surface area contributed by atoms with Crippen LogP contribution in [0.2, 0.25) is 0 Å². The topological polar surface area (TPSA) is 115 Å². The molecule has 0 radical (unpaired) electrons. The van der Waals surface area contributed by atoms with Gasteiger partial charge in [-0.2, -0.15) is 28.4 Å². The monoisotopic (exact) mass is 748 g/mol. The lowest BCUT2D eigenvalue weighted by atomic mass is 9.92. The number of nitrogens with zero attached hydrogens (tertiary/aromatic N) is 7. The van der Waals surface area contributed by atoms with Crippen LogP contribution in [0.15, 0.2) is 18.2 Å². The number of carbonyl (C=O) groups excluding carboxylic acids is 1. The molecule has 2 amide bonds. The van der Waals surface area contributed by atoms with E-state index in [0.717, 1.165) is 31.2 Å². The molecule has 2 aromatic carbocycles. The third-order valence-electron chi connectivity index (χ3n) is 9.91. The van der Waals surface area contributed by atoms with Crippen LogP contribution in [0, 0.1) is 23.0 Å². The van der Waals surface area contributed by atoms with Crippen LogP contribution in [0.1, 0.15) is 43.7 Å². The molecule has 10 nitrogen and oxygen atoms in total. The Morgan fingerprint density at radius 2 is 1.92 bits per heavy atom. The fourth-order valence-corrected chi connectivity index (χ4v) is 8.51. The van der Waals surface area contributed by atoms with Crippen molar-refractivity contribution in [2.75, 3.05) is 64.6 Å². The van der Waals surface area contributed by atoms with Gasteiger partial charge < -0.3 is 25.2 Å².